The molecule has 0 fully saturated rings. The van der Waals surface area contributed by atoms with Crippen LogP contribution in [0.1, 0.15) is 30.0 Å². The van der Waals surface area contributed by atoms with Gasteiger partial charge in [0.25, 0.3) is 5.56 Å². The molecule has 3 aromatic heterocycles. The van der Waals surface area contributed by atoms with E-state index in [-0.39, 0.29) is 11.5 Å². The van der Waals surface area contributed by atoms with Crippen molar-refractivity contribution in [3.63, 3.8) is 0 Å². The number of rotatable bonds is 5. The molecule has 0 bridgehead atoms. The maximum Gasteiger partial charge on any atom is 0.262 e. The molecule has 0 N–H and O–H groups in total. The molecule has 0 radical (unpaired) electrons. The lowest BCUT2D eigenvalue weighted by atomic mass is 10.2. The van der Waals surface area contributed by atoms with Crippen molar-refractivity contribution in [2.75, 3.05) is 11.4 Å². The van der Waals surface area contributed by atoms with Crippen molar-refractivity contribution < 1.29 is 4.79 Å². The minimum absolute atomic E-state index is 0.00736. The minimum atomic E-state index is -0.0148. The molecule has 138 valence electrons. The third kappa shape index (κ3) is 3.43. The van der Waals surface area contributed by atoms with Crippen LogP contribution < -0.4 is 10.5 Å². The molecule has 26 heavy (non-hydrogen) atoms. The molecule has 0 aliphatic heterocycles. The number of thiazole rings is 1. The van der Waals surface area contributed by atoms with Crippen molar-refractivity contribution in [3.05, 3.63) is 31.9 Å². The Kier molecular flexibility index (Phi) is 5.50. The van der Waals surface area contributed by atoms with Crippen LogP contribution in [0.3, 0.4) is 0 Å². The van der Waals surface area contributed by atoms with E-state index in [1.807, 2.05) is 26.2 Å². The molecule has 9 heteroatoms. The van der Waals surface area contributed by atoms with Gasteiger partial charge in [-0.25, -0.2) is 9.97 Å². The van der Waals surface area contributed by atoms with Crippen LogP contribution in [0.4, 0.5) is 5.13 Å². The Morgan fingerprint density at radius 3 is 2.73 bits per heavy atom. The predicted molar refractivity (Wildman–Crippen MR) is 110 cm³/mol. The smallest absolute Gasteiger partial charge is 0.262 e. The van der Waals surface area contributed by atoms with Gasteiger partial charge in [0.05, 0.1) is 11.1 Å². The Labute approximate surface area is 163 Å². The van der Waals surface area contributed by atoms with Gasteiger partial charge in [0.2, 0.25) is 5.91 Å². The van der Waals surface area contributed by atoms with E-state index >= 15 is 0 Å². The summed E-state index contributed by atoms with van der Waals surface area (Å²) < 4.78 is 1.60. The fourth-order valence-electron chi connectivity index (χ4n) is 2.60. The van der Waals surface area contributed by atoms with E-state index in [9.17, 15) is 9.59 Å². The molecular formula is C17H20N4O2S3. The van der Waals surface area contributed by atoms with E-state index in [4.69, 9.17) is 0 Å². The SMILES string of the molecule is CCN(C(C)=O)c1nc(CSc2nc3sc(C)c(C)c3c(=O)n2C)cs1. The Bertz CT molecular complexity index is 1030. The predicted octanol–water partition coefficient (Wildman–Crippen LogP) is 3.73. The first-order valence-electron chi connectivity index (χ1n) is 8.15. The van der Waals surface area contributed by atoms with Crippen LogP contribution in [0.2, 0.25) is 0 Å². The van der Waals surface area contributed by atoms with Crippen LogP contribution in [0.25, 0.3) is 10.2 Å². The Balaban J connectivity index is 1.85. The van der Waals surface area contributed by atoms with E-state index in [2.05, 4.69) is 9.97 Å². The highest BCUT2D eigenvalue weighted by molar-refractivity contribution is 7.98. The first-order chi connectivity index (χ1) is 12.3. The maximum absolute atomic E-state index is 12.7. The first-order valence-corrected chi connectivity index (χ1v) is 10.8. The molecule has 1 amide bonds. The second-order valence-corrected chi connectivity index (χ2v) is 8.88. The number of aryl methyl sites for hydroxylation is 2. The van der Waals surface area contributed by atoms with Gasteiger partial charge in [-0.2, -0.15) is 0 Å². The number of nitrogens with zero attached hydrogens (tertiary/aromatic N) is 4. The van der Waals surface area contributed by atoms with E-state index in [0.29, 0.717) is 22.6 Å². The van der Waals surface area contributed by atoms with Crippen molar-refractivity contribution in [1.29, 1.82) is 0 Å². The zero-order valence-electron chi connectivity index (χ0n) is 15.3. The topological polar surface area (TPSA) is 68.1 Å². The number of aromatic nitrogens is 3. The number of fused-ring (bicyclic) bond motifs is 1. The molecule has 3 heterocycles. The molecule has 0 aliphatic rings. The lowest BCUT2D eigenvalue weighted by Gasteiger charge is -2.14. The largest absolute Gasteiger partial charge is 0.290 e. The van der Waals surface area contributed by atoms with E-state index < -0.39 is 0 Å². The molecule has 0 aromatic carbocycles. The van der Waals surface area contributed by atoms with Crippen LogP contribution in [0.15, 0.2) is 15.3 Å². The van der Waals surface area contributed by atoms with Crippen molar-refractivity contribution in [3.8, 4) is 0 Å². The Morgan fingerprint density at radius 1 is 1.35 bits per heavy atom. The molecule has 0 saturated carbocycles. The molecule has 6 nitrogen and oxygen atoms in total. The summed E-state index contributed by atoms with van der Waals surface area (Å²) in [6.45, 7) is 8.05. The lowest BCUT2D eigenvalue weighted by molar-refractivity contribution is -0.116. The highest BCUT2D eigenvalue weighted by atomic mass is 32.2. The fourth-order valence-corrected chi connectivity index (χ4v) is 5.58. The Hall–Kier alpha value is -1.71. The van der Waals surface area contributed by atoms with Crippen LogP contribution >= 0.6 is 34.4 Å². The molecular weight excluding hydrogens is 388 g/mol. The van der Waals surface area contributed by atoms with E-state index in [1.165, 1.54) is 23.1 Å². The van der Waals surface area contributed by atoms with Crippen molar-refractivity contribution in [2.24, 2.45) is 7.05 Å². The van der Waals surface area contributed by atoms with Gasteiger partial charge in [0, 0.05) is 36.5 Å². The van der Waals surface area contributed by atoms with Gasteiger partial charge in [0.1, 0.15) is 4.83 Å². The Morgan fingerprint density at radius 2 is 2.08 bits per heavy atom. The minimum Gasteiger partial charge on any atom is -0.290 e. The summed E-state index contributed by atoms with van der Waals surface area (Å²) in [4.78, 5) is 37.1. The fraction of sp³-hybridized carbons (Fsp3) is 0.412. The zero-order valence-corrected chi connectivity index (χ0v) is 17.8. The summed E-state index contributed by atoms with van der Waals surface area (Å²) in [6, 6.07) is 0. The van der Waals surface area contributed by atoms with Gasteiger partial charge >= 0.3 is 0 Å². The molecule has 3 rings (SSSR count). The molecule has 0 saturated heterocycles. The highest BCUT2D eigenvalue weighted by Crippen LogP contribution is 2.30. The number of anilines is 1. The van der Waals surface area contributed by atoms with Crippen LogP contribution in [-0.4, -0.2) is 27.0 Å². The molecule has 0 spiro atoms. The zero-order chi connectivity index (χ0) is 19.0. The number of amides is 1. The van der Waals surface area contributed by atoms with Crippen LogP contribution in [0, 0.1) is 13.8 Å². The quantitative estimate of drug-likeness (QED) is 0.475. The van der Waals surface area contributed by atoms with Gasteiger partial charge in [0.15, 0.2) is 10.3 Å². The average Bonchev–Trinajstić information content (AvgIpc) is 3.15. The van der Waals surface area contributed by atoms with Crippen molar-refractivity contribution >= 4 is 55.7 Å². The lowest BCUT2D eigenvalue weighted by Crippen LogP contribution is -2.27. The van der Waals surface area contributed by atoms with Gasteiger partial charge in [-0.3, -0.25) is 19.1 Å². The third-order valence-electron chi connectivity index (χ3n) is 4.19. The number of carbonyl (C=O) groups excluding carboxylic acids is 1. The number of hydrogen-bond donors (Lipinski definition) is 0. The second kappa shape index (κ2) is 7.50. The second-order valence-electron chi connectivity index (χ2n) is 5.90. The monoisotopic (exact) mass is 408 g/mol. The number of thioether (sulfide) groups is 1. The summed E-state index contributed by atoms with van der Waals surface area (Å²) in [5.41, 5.74) is 1.89. The molecule has 0 aliphatic carbocycles. The van der Waals surface area contributed by atoms with Gasteiger partial charge in [-0.1, -0.05) is 11.8 Å². The van der Waals surface area contributed by atoms with Gasteiger partial charge in [-0.05, 0) is 26.3 Å². The summed E-state index contributed by atoms with van der Waals surface area (Å²) in [5, 5.41) is 4.05. The number of hydrogen-bond acceptors (Lipinski definition) is 7. The third-order valence-corrected chi connectivity index (χ3v) is 7.26. The van der Waals surface area contributed by atoms with Gasteiger partial charge < -0.3 is 0 Å². The highest BCUT2D eigenvalue weighted by Gasteiger charge is 2.16. The van der Waals surface area contributed by atoms with E-state index in [0.717, 1.165) is 26.4 Å². The number of thiophene rings is 1. The summed E-state index contributed by atoms with van der Waals surface area (Å²) in [5.74, 6) is 0.583. The summed E-state index contributed by atoms with van der Waals surface area (Å²) in [6.07, 6.45) is 0. The van der Waals surface area contributed by atoms with E-state index in [1.54, 1.807) is 34.8 Å². The first kappa shape index (κ1) is 19.1. The molecule has 0 unspecified atom stereocenters. The molecule has 0 atom stereocenters. The summed E-state index contributed by atoms with van der Waals surface area (Å²) >= 11 is 4.50. The summed E-state index contributed by atoms with van der Waals surface area (Å²) in [7, 11) is 1.75. The standard InChI is InChI=1S/C17H20N4O2S3/c1-6-21(11(4)22)17-18-12(8-25-17)7-24-16-19-14-13(15(23)20(16)5)9(2)10(3)26-14/h8H,6-7H2,1-5H3. The van der Waals surface area contributed by atoms with Crippen molar-refractivity contribution in [2.45, 2.75) is 38.6 Å². The van der Waals surface area contributed by atoms with Crippen LogP contribution in [-0.2, 0) is 17.6 Å². The van der Waals surface area contributed by atoms with Crippen LogP contribution in [0.5, 0.6) is 0 Å². The van der Waals surface area contributed by atoms with Gasteiger partial charge in [-0.15, -0.1) is 22.7 Å². The maximum atomic E-state index is 12.7. The normalized spacial score (nSPS) is 11.3. The van der Waals surface area contributed by atoms with Crippen molar-refractivity contribution in [1.82, 2.24) is 14.5 Å². The average molecular weight is 409 g/mol. The number of carbonyl (C=O) groups is 1. The molecule has 3 aromatic rings.